The summed E-state index contributed by atoms with van der Waals surface area (Å²) in [5.74, 6) is -0.722. The van der Waals surface area contributed by atoms with Crippen LogP contribution in [0.5, 0.6) is 0 Å². The van der Waals surface area contributed by atoms with E-state index in [-0.39, 0.29) is 16.8 Å². The lowest BCUT2D eigenvalue weighted by Gasteiger charge is -2.16. The van der Waals surface area contributed by atoms with Crippen LogP contribution in [0.3, 0.4) is 0 Å². The first-order chi connectivity index (χ1) is 12.3. The quantitative estimate of drug-likeness (QED) is 0.517. The summed E-state index contributed by atoms with van der Waals surface area (Å²) in [6.45, 7) is 2.20. The molecule has 1 N–H and O–H groups in total. The Morgan fingerprint density at radius 1 is 1.35 bits per heavy atom. The molecule has 2 atom stereocenters. The predicted molar refractivity (Wildman–Crippen MR) is 99.1 cm³/mol. The van der Waals surface area contributed by atoms with Crippen LogP contribution in [0.15, 0.2) is 29.2 Å². The molecule has 1 amide bonds. The maximum Gasteiger partial charge on any atom is 0.340 e. The average Bonchev–Trinajstić information content (AvgIpc) is 2.93. The van der Waals surface area contributed by atoms with Crippen LogP contribution < -0.4 is 5.32 Å². The molecule has 9 heteroatoms. The molecule has 0 aromatic heterocycles. The van der Waals surface area contributed by atoms with Crippen LogP contribution in [0.4, 0.5) is 0 Å². The number of amides is 1. The van der Waals surface area contributed by atoms with Crippen molar-refractivity contribution < 1.29 is 27.5 Å². The third-order valence-corrected chi connectivity index (χ3v) is 7.17. The molecule has 1 aromatic carbocycles. The van der Waals surface area contributed by atoms with Crippen molar-refractivity contribution in [2.75, 3.05) is 31.8 Å². The molecule has 0 bridgehead atoms. The zero-order chi connectivity index (χ0) is 19.2. The number of esters is 1. The van der Waals surface area contributed by atoms with E-state index in [0.717, 1.165) is 0 Å². The second-order valence-corrected chi connectivity index (χ2v) is 9.54. The Bertz CT molecular complexity index is 749. The first-order valence-electron chi connectivity index (χ1n) is 8.26. The van der Waals surface area contributed by atoms with Gasteiger partial charge in [0.15, 0.2) is 15.9 Å². The summed E-state index contributed by atoms with van der Waals surface area (Å²) in [5, 5.41) is 2.53. The molecule has 1 aromatic rings. The van der Waals surface area contributed by atoms with Crippen LogP contribution in [-0.2, 0) is 24.1 Å². The van der Waals surface area contributed by atoms with Crippen LogP contribution in [0.25, 0.3) is 0 Å². The highest BCUT2D eigenvalue weighted by atomic mass is 32.2. The first kappa shape index (κ1) is 20.7. The number of benzene rings is 1. The van der Waals surface area contributed by atoms with E-state index in [0.29, 0.717) is 30.0 Å². The number of carbonyl (C=O) groups is 2. The lowest BCUT2D eigenvalue weighted by Crippen LogP contribution is -2.37. The van der Waals surface area contributed by atoms with Gasteiger partial charge in [0.1, 0.15) is 0 Å². The SMILES string of the molecule is COCCNC(=O)[C@H](C)OC(=O)c1ccccc1S[C@H]1CCS(=O)(=O)C1. The summed E-state index contributed by atoms with van der Waals surface area (Å²) >= 11 is 1.36. The molecule has 7 nitrogen and oxygen atoms in total. The number of sulfone groups is 1. The number of carbonyl (C=O) groups excluding carboxylic acids is 2. The zero-order valence-electron chi connectivity index (χ0n) is 14.8. The standard InChI is InChI=1S/C17H23NO6S2/c1-12(16(19)18-8-9-23-2)24-17(20)14-5-3-4-6-15(14)25-13-7-10-26(21,22)11-13/h3-6,12-13H,7-11H2,1-2H3,(H,18,19)/t12-,13-/m0/s1. The fourth-order valence-corrected chi connectivity index (χ4v) is 6.09. The highest BCUT2D eigenvalue weighted by molar-refractivity contribution is 8.02. The van der Waals surface area contributed by atoms with E-state index in [2.05, 4.69) is 5.32 Å². The van der Waals surface area contributed by atoms with Gasteiger partial charge in [0.05, 0.1) is 23.7 Å². The van der Waals surface area contributed by atoms with E-state index in [9.17, 15) is 18.0 Å². The number of ether oxygens (including phenoxy) is 2. The lowest BCUT2D eigenvalue weighted by molar-refractivity contribution is -0.129. The number of rotatable bonds is 8. The van der Waals surface area contributed by atoms with Gasteiger partial charge in [-0.05, 0) is 25.5 Å². The fraction of sp³-hybridized carbons (Fsp3) is 0.529. The van der Waals surface area contributed by atoms with Crippen molar-refractivity contribution in [2.45, 2.75) is 29.6 Å². The van der Waals surface area contributed by atoms with Crippen LogP contribution in [0.2, 0.25) is 0 Å². The second kappa shape index (κ2) is 9.38. The highest BCUT2D eigenvalue weighted by Gasteiger charge is 2.30. The molecular weight excluding hydrogens is 378 g/mol. The number of hydrogen-bond donors (Lipinski definition) is 1. The fourth-order valence-electron chi connectivity index (χ4n) is 2.47. The minimum atomic E-state index is -2.99. The second-order valence-electron chi connectivity index (χ2n) is 5.97. The van der Waals surface area contributed by atoms with Crippen molar-refractivity contribution in [3.63, 3.8) is 0 Å². The van der Waals surface area contributed by atoms with E-state index in [1.165, 1.54) is 25.8 Å². The van der Waals surface area contributed by atoms with E-state index < -0.39 is 27.8 Å². The molecule has 0 radical (unpaired) electrons. The van der Waals surface area contributed by atoms with Crippen molar-refractivity contribution in [3.8, 4) is 0 Å². The van der Waals surface area contributed by atoms with Crippen LogP contribution in [0, 0.1) is 0 Å². The predicted octanol–water partition coefficient (Wildman–Crippen LogP) is 1.27. The molecule has 1 saturated heterocycles. The summed E-state index contributed by atoms with van der Waals surface area (Å²) in [5.41, 5.74) is 0.332. The average molecular weight is 402 g/mol. The summed E-state index contributed by atoms with van der Waals surface area (Å²) in [4.78, 5) is 25.0. The van der Waals surface area contributed by atoms with Gasteiger partial charge >= 0.3 is 5.97 Å². The smallest absolute Gasteiger partial charge is 0.340 e. The molecule has 1 fully saturated rings. The van der Waals surface area contributed by atoms with Crippen molar-refractivity contribution in [2.24, 2.45) is 0 Å². The van der Waals surface area contributed by atoms with Gasteiger partial charge in [0.2, 0.25) is 0 Å². The molecule has 0 aliphatic carbocycles. The largest absolute Gasteiger partial charge is 0.449 e. The molecule has 26 heavy (non-hydrogen) atoms. The number of methoxy groups -OCH3 is 1. The van der Waals surface area contributed by atoms with Crippen LogP contribution in [0.1, 0.15) is 23.7 Å². The molecule has 144 valence electrons. The monoisotopic (exact) mass is 401 g/mol. The highest BCUT2D eigenvalue weighted by Crippen LogP contribution is 2.33. The van der Waals surface area contributed by atoms with E-state index >= 15 is 0 Å². The minimum Gasteiger partial charge on any atom is -0.449 e. The molecule has 1 aliphatic rings. The topological polar surface area (TPSA) is 98.8 Å². The molecule has 1 aliphatic heterocycles. The number of thioether (sulfide) groups is 1. The zero-order valence-corrected chi connectivity index (χ0v) is 16.4. The van der Waals surface area contributed by atoms with Gasteiger partial charge in [-0.15, -0.1) is 11.8 Å². The summed E-state index contributed by atoms with van der Waals surface area (Å²) in [7, 11) is -1.46. The van der Waals surface area contributed by atoms with Crippen molar-refractivity contribution >= 4 is 33.5 Å². The Balaban J connectivity index is 1.99. The van der Waals surface area contributed by atoms with Crippen molar-refractivity contribution in [1.82, 2.24) is 5.32 Å². The maximum absolute atomic E-state index is 12.5. The normalized spacial score (nSPS) is 19.7. The molecule has 0 unspecified atom stereocenters. The van der Waals surface area contributed by atoms with E-state index in [1.54, 1.807) is 24.3 Å². The van der Waals surface area contributed by atoms with Crippen LogP contribution >= 0.6 is 11.8 Å². The Kier molecular flexibility index (Phi) is 7.48. The molecule has 0 spiro atoms. The van der Waals surface area contributed by atoms with Gasteiger partial charge < -0.3 is 14.8 Å². The van der Waals surface area contributed by atoms with Crippen molar-refractivity contribution in [3.05, 3.63) is 29.8 Å². The Morgan fingerprint density at radius 2 is 2.08 bits per heavy atom. The number of hydrogen-bond acceptors (Lipinski definition) is 7. The van der Waals surface area contributed by atoms with Crippen molar-refractivity contribution in [1.29, 1.82) is 0 Å². The minimum absolute atomic E-state index is 0.0799. The van der Waals surface area contributed by atoms with Crippen LogP contribution in [-0.4, -0.2) is 63.4 Å². The van der Waals surface area contributed by atoms with Gasteiger partial charge in [-0.1, -0.05) is 12.1 Å². The van der Waals surface area contributed by atoms with Gasteiger partial charge in [0.25, 0.3) is 5.91 Å². The third kappa shape index (κ3) is 6.00. The third-order valence-electron chi connectivity index (χ3n) is 3.85. The Hall–Kier alpha value is -1.58. The van der Waals surface area contributed by atoms with E-state index in [4.69, 9.17) is 9.47 Å². The Labute approximate surface area is 157 Å². The van der Waals surface area contributed by atoms with Gasteiger partial charge in [-0.3, -0.25) is 4.79 Å². The molecule has 1 heterocycles. The molecule has 0 saturated carbocycles. The van der Waals surface area contributed by atoms with Gasteiger partial charge in [0, 0.05) is 23.8 Å². The molecular formula is C17H23NO6S2. The number of nitrogens with one attached hydrogen (secondary N) is 1. The van der Waals surface area contributed by atoms with Gasteiger partial charge in [-0.2, -0.15) is 0 Å². The Morgan fingerprint density at radius 3 is 2.73 bits per heavy atom. The van der Waals surface area contributed by atoms with E-state index in [1.807, 2.05) is 0 Å². The summed E-state index contributed by atoms with van der Waals surface area (Å²) in [6, 6.07) is 6.86. The molecule has 2 rings (SSSR count). The summed E-state index contributed by atoms with van der Waals surface area (Å²) < 4.78 is 33.3. The van der Waals surface area contributed by atoms with Gasteiger partial charge in [-0.25, -0.2) is 13.2 Å². The first-order valence-corrected chi connectivity index (χ1v) is 11.0. The summed E-state index contributed by atoms with van der Waals surface area (Å²) in [6.07, 6.45) is -0.376. The lowest BCUT2D eigenvalue weighted by atomic mass is 10.2. The maximum atomic E-state index is 12.5.